The predicted octanol–water partition coefficient (Wildman–Crippen LogP) is 2.99. The normalized spacial score (nSPS) is 17.3. The summed E-state index contributed by atoms with van der Waals surface area (Å²) >= 11 is 5.39. The number of hydrogen-bond acceptors (Lipinski definition) is 3. The minimum absolute atomic E-state index is 0.202. The molecule has 0 spiro atoms. The maximum atomic E-state index is 12.0. The summed E-state index contributed by atoms with van der Waals surface area (Å²) in [7, 11) is 0. The van der Waals surface area contributed by atoms with Gasteiger partial charge in [0, 0.05) is 25.8 Å². The van der Waals surface area contributed by atoms with E-state index in [2.05, 4.69) is 12.2 Å². The van der Waals surface area contributed by atoms with Crippen LogP contribution < -0.4 is 5.32 Å². The van der Waals surface area contributed by atoms with E-state index in [1.807, 2.05) is 35.2 Å². The lowest BCUT2D eigenvalue weighted by atomic mass is 10.2. The van der Waals surface area contributed by atoms with Crippen LogP contribution in [-0.4, -0.2) is 41.7 Å². The molecule has 1 heterocycles. The first-order chi connectivity index (χ1) is 11.2. The Balaban J connectivity index is 1.86. The summed E-state index contributed by atoms with van der Waals surface area (Å²) in [5.74, 6) is -0.202. The fourth-order valence-electron chi connectivity index (χ4n) is 2.54. The lowest BCUT2D eigenvalue weighted by Gasteiger charge is -2.27. The van der Waals surface area contributed by atoms with Crippen molar-refractivity contribution in [3.05, 3.63) is 42.0 Å². The lowest BCUT2D eigenvalue weighted by Crippen LogP contribution is -2.45. The summed E-state index contributed by atoms with van der Waals surface area (Å²) in [6.07, 6.45) is 6.65. The molecule has 1 atom stereocenters. The second-order valence-electron chi connectivity index (χ2n) is 5.62. The van der Waals surface area contributed by atoms with Gasteiger partial charge in [-0.25, -0.2) is 0 Å². The number of carbonyl (C=O) groups excluding carboxylic acids is 1. The number of hydrogen-bond donors (Lipinski definition) is 1. The van der Waals surface area contributed by atoms with Crippen LogP contribution in [0.3, 0.4) is 0 Å². The third-order valence-corrected chi connectivity index (χ3v) is 4.05. The molecule has 124 valence electrons. The van der Waals surface area contributed by atoms with Gasteiger partial charge in [-0.1, -0.05) is 37.3 Å². The van der Waals surface area contributed by atoms with Gasteiger partial charge in [-0.05, 0) is 43.1 Å². The van der Waals surface area contributed by atoms with E-state index in [4.69, 9.17) is 17.0 Å². The van der Waals surface area contributed by atoms with Crippen LogP contribution in [0, 0.1) is 0 Å². The van der Waals surface area contributed by atoms with Crippen molar-refractivity contribution < 1.29 is 9.53 Å². The van der Waals surface area contributed by atoms with Crippen molar-refractivity contribution in [1.82, 2.24) is 10.2 Å². The summed E-state index contributed by atoms with van der Waals surface area (Å²) in [6, 6.07) is 9.71. The molecule has 5 heteroatoms. The Bertz CT molecular complexity index is 539. The standard InChI is InChI=1S/C18H24N2O2S/c1-2-12-20(14-16-9-6-13-22-16)18(23)19-17(21)11-10-15-7-4-3-5-8-15/h3-5,7-8,10-11,16H,2,6,9,12-14H2,1H3,(H,19,21,23). The molecular weight excluding hydrogens is 308 g/mol. The molecule has 0 bridgehead atoms. The first-order valence-corrected chi connectivity index (χ1v) is 8.54. The molecule has 1 aromatic rings. The van der Waals surface area contributed by atoms with Crippen molar-refractivity contribution in [3.8, 4) is 0 Å². The monoisotopic (exact) mass is 332 g/mol. The summed E-state index contributed by atoms with van der Waals surface area (Å²) in [5, 5.41) is 3.26. The third kappa shape index (κ3) is 6.12. The van der Waals surface area contributed by atoms with E-state index in [1.54, 1.807) is 6.08 Å². The molecule has 1 amide bonds. The summed E-state index contributed by atoms with van der Waals surface area (Å²) in [6.45, 7) is 4.49. The molecule has 0 saturated carbocycles. The molecule has 1 unspecified atom stereocenters. The van der Waals surface area contributed by atoms with Crippen molar-refractivity contribution in [2.45, 2.75) is 32.3 Å². The highest BCUT2D eigenvalue weighted by Gasteiger charge is 2.20. The van der Waals surface area contributed by atoms with Crippen LogP contribution in [0.4, 0.5) is 0 Å². The number of carbonyl (C=O) groups is 1. The van der Waals surface area contributed by atoms with Gasteiger partial charge in [-0.3, -0.25) is 10.1 Å². The number of benzene rings is 1. The van der Waals surface area contributed by atoms with E-state index in [0.29, 0.717) is 5.11 Å². The average Bonchev–Trinajstić information content (AvgIpc) is 3.06. The Kier molecular flexibility index (Phi) is 7.23. The molecule has 0 radical (unpaired) electrons. The lowest BCUT2D eigenvalue weighted by molar-refractivity contribution is -0.115. The molecule has 2 rings (SSSR count). The molecule has 1 aliphatic heterocycles. The third-order valence-electron chi connectivity index (χ3n) is 3.69. The van der Waals surface area contributed by atoms with E-state index < -0.39 is 0 Å². The summed E-state index contributed by atoms with van der Waals surface area (Å²) in [4.78, 5) is 14.1. The fraction of sp³-hybridized carbons (Fsp3) is 0.444. The highest BCUT2D eigenvalue weighted by Crippen LogP contribution is 2.13. The second-order valence-corrected chi connectivity index (χ2v) is 6.01. The van der Waals surface area contributed by atoms with Crippen molar-refractivity contribution in [1.29, 1.82) is 0 Å². The number of thiocarbonyl (C=S) groups is 1. The first-order valence-electron chi connectivity index (χ1n) is 8.13. The highest BCUT2D eigenvalue weighted by molar-refractivity contribution is 7.80. The van der Waals surface area contributed by atoms with Crippen LogP contribution in [0.15, 0.2) is 36.4 Å². The maximum Gasteiger partial charge on any atom is 0.250 e. The number of ether oxygens (including phenoxy) is 1. The van der Waals surface area contributed by atoms with E-state index in [9.17, 15) is 4.79 Å². The maximum absolute atomic E-state index is 12.0. The van der Waals surface area contributed by atoms with E-state index in [1.165, 1.54) is 6.08 Å². The average molecular weight is 332 g/mol. The van der Waals surface area contributed by atoms with E-state index in [-0.39, 0.29) is 12.0 Å². The minimum atomic E-state index is -0.202. The Morgan fingerprint density at radius 3 is 2.87 bits per heavy atom. The van der Waals surface area contributed by atoms with Crippen LogP contribution >= 0.6 is 12.2 Å². The van der Waals surface area contributed by atoms with E-state index >= 15 is 0 Å². The molecule has 0 aliphatic carbocycles. The Labute approximate surface area is 143 Å². The minimum Gasteiger partial charge on any atom is -0.376 e. The van der Waals surface area contributed by atoms with Gasteiger partial charge < -0.3 is 9.64 Å². The molecule has 1 fully saturated rings. The molecular formula is C18H24N2O2S. The number of amides is 1. The van der Waals surface area contributed by atoms with Gasteiger partial charge in [-0.15, -0.1) is 0 Å². The first kappa shape index (κ1) is 17.6. The summed E-state index contributed by atoms with van der Waals surface area (Å²) < 4.78 is 5.66. The van der Waals surface area contributed by atoms with E-state index in [0.717, 1.165) is 44.5 Å². The Hall–Kier alpha value is -1.72. The zero-order valence-corrected chi connectivity index (χ0v) is 14.3. The van der Waals surface area contributed by atoms with Crippen molar-refractivity contribution in [2.24, 2.45) is 0 Å². The zero-order chi connectivity index (χ0) is 16.5. The van der Waals surface area contributed by atoms with Gasteiger partial charge in [0.15, 0.2) is 5.11 Å². The molecule has 1 aliphatic rings. The molecule has 4 nitrogen and oxygen atoms in total. The highest BCUT2D eigenvalue weighted by atomic mass is 32.1. The van der Waals surface area contributed by atoms with Crippen LogP contribution in [0.25, 0.3) is 6.08 Å². The number of nitrogens with zero attached hydrogens (tertiary/aromatic N) is 1. The predicted molar refractivity (Wildman–Crippen MR) is 97.1 cm³/mol. The fourth-order valence-corrected chi connectivity index (χ4v) is 2.81. The molecule has 1 saturated heterocycles. The largest absolute Gasteiger partial charge is 0.376 e. The summed E-state index contributed by atoms with van der Waals surface area (Å²) in [5.41, 5.74) is 0.985. The van der Waals surface area contributed by atoms with Crippen molar-refractivity contribution in [2.75, 3.05) is 19.7 Å². The van der Waals surface area contributed by atoms with Crippen molar-refractivity contribution in [3.63, 3.8) is 0 Å². The van der Waals surface area contributed by atoms with Gasteiger partial charge in [0.25, 0.3) is 0 Å². The number of nitrogens with one attached hydrogen (secondary N) is 1. The SMILES string of the molecule is CCCN(CC1CCCO1)C(=S)NC(=O)C=Cc1ccccc1. The zero-order valence-electron chi connectivity index (χ0n) is 13.5. The van der Waals surface area contributed by atoms with Crippen LogP contribution in [-0.2, 0) is 9.53 Å². The van der Waals surface area contributed by atoms with Gasteiger partial charge in [-0.2, -0.15) is 0 Å². The smallest absolute Gasteiger partial charge is 0.250 e. The molecule has 23 heavy (non-hydrogen) atoms. The molecule has 1 N–H and O–H groups in total. The van der Waals surface area contributed by atoms with Crippen LogP contribution in [0.2, 0.25) is 0 Å². The van der Waals surface area contributed by atoms with Crippen LogP contribution in [0.1, 0.15) is 31.7 Å². The number of rotatable bonds is 6. The molecule has 1 aromatic carbocycles. The van der Waals surface area contributed by atoms with Gasteiger partial charge in [0.2, 0.25) is 5.91 Å². The van der Waals surface area contributed by atoms with Gasteiger partial charge in [0.05, 0.1) is 6.10 Å². The van der Waals surface area contributed by atoms with Gasteiger partial charge in [0.1, 0.15) is 0 Å². The van der Waals surface area contributed by atoms with Crippen molar-refractivity contribution >= 4 is 29.3 Å². The quantitative estimate of drug-likeness (QED) is 0.642. The second kappa shape index (κ2) is 9.43. The molecule has 0 aromatic heterocycles. The Morgan fingerprint density at radius 1 is 1.43 bits per heavy atom. The van der Waals surface area contributed by atoms with Crippen LogP contribution in [0.5, 0.6) is 0 Å². The Morgan fingerprint density at radius 2 is 2.22 bits per heavy atom. The topological polar surface area (TPSA) is 41.6 Å². The van der Waals surface area contributed by atoms with Gasteiger partial charge >= 0.3 is 0 Å².